The van der Waals surface area contributed by atoms with E-state index in [0.717, 1.165) is 5.56 Å². The molecule has 1 amide bonds. The first-order chi connectivity index (χ1) is 12.6. The van der Waals surface area contributed by atoms with Gasteiger partial charge in [0.25, 0.3) is 5.91 Å². The second-order valence-electron chi connectivity index (χ2n) is 5.80. The predicted octanol–water partition coefficient (Wildman–Crippen LogP) is 2.12. The van der Waals surface area contributed by atoms with Gasteiger partial charge in [-0.15, -0.1) is 0 Å². The third-order valence-corrected chi connectivity index (χ3v) is 4.22. The molecular weight excluding hydrogens is 338 g/mol. The zero-order valence-electron chi connectivity index (χ0n) is 15.0. The first kappa shape index (κ1) is 18.0. The number of carbonyl (C=O) groups excluding carboxylic acids is 2. The summed E-state index contributed by atoms with van der Waals surface area (Å²) in [5.41, 5.74) is 1.89. The van der Waals surface area contributed by atoms with Crippen molar-refractivity contribution < 1.29 is 28.5 Å². The molecule has 0 spiro atoms. The lowest BCUT2D eigenvalue weighted by molar-refractivity contribution is -0.138. The van der Waals surface area contributed by atoms with Crippen LogP contribution in [0.3, 0.4) is 0 Å². The van der Waals surface area contributed by atoms with Crippen LogP contribution >= 0.6 is 0 Å². The number of amides is 1. The number of methoxy groups -OCH3 is 1. The van der Waals surface area contributed by atoms with E-state index in [1.165, 1.54) is 4.90 Å². The van der Waals surface area contributed by atoms with Crippen LogP contribution in [0.2, 0.25) is 0 Å². The number of hydrogen-bond acceptors (Lipinski definition) is 6. The molecule has 2 aliphatic heterocycles. The second kappa shape index (κ2) is 7.61. The topological polar surface area (TPSA) is 74.3 Å². The summed E-state index contributed by atoms with van der Waals surface area (Å²) in [6, 6.07) is 5.36. The van der Waals surface area contributed by atoms with Gasteiger partial charge in [-0.1, -0.05) is 6.07 Å². The first-order valence-corrected chi connectivity index (χ1v) is 8.37. The standard InChI is InChI=1S/C19H21NO6/c1-4-24-19(22)17-12(2)20(7-8-23-3)18(21)14(17)9-13-5-6-15-16(10-13)26-11-25-15/h5-6,9-10H,4,7-8,11H2,1-3H3. The SMILES string of the molecule is CCOC(=O)C1=C(C)N(CCOC)C(=O)C1=Cc1ccc2c(c1)OCO2. The van der Waals surface area contributed by atoms with Crippen LogP contribution in [0.5, 0.6) is 11.5 Å². The lowest BCUT2D eigenvalue weighted by Crippen LogP contribution is -2.28. The van der Waals surface area contributed by atoms with Gasteiger partial charge in [0.1, 0.15) is 0 Å². The van der Waals surface area contributed by atoms with Gasteiger partial charge >= 0.3 is 5.97 Å². The van der Waals surface area contributed by atoms with Gasteiger partial charge in [-0.25, -0.2) is 4.79 Å². The molecule has 0 saturated heterocycles. The lowest BCUT2D eigenvalue weighted by Gasteiger charge is -2.16. The van der Waals surface area contributed by atoms with E-state index in [1.807, 2.05) is 6.07 Å². The molecule has 0 bridgehead atoms. The van der Waals surface area contributed by atoms with E-state index in [2.05, 4.69) is 0 Å². The van der Waals surface area contributed by atoms with Gasteiger partial charge in [0, 0.05) is 19.4 Å². The Hall–Kier alpha value is -2.80. The Morgan fingerprint density at radius 1 is 1.31 bits per heavy atom. The van der Waals surface area contributed by atoms with Crippen molar-refractivity contribution >= 4 is 18.0 Å². The predicted molar refractivity (Wildman–Crippen MR) is 93.5 cm³/mol. The summed E-state index contributed by atoms with van der Waals surface area (Å²) < 4.78 is 20.9. The molecule has 7 heteroatoms. The number of esters is 1. The van der Waals surface area contributed by atoms with Crippen molar-refractivity contribution in [1.82, 2.24) is 4.90 Å². The van der Waals surface area contributed by atoms with E-state index in [1.54, 1.807) is 39.2 Å². The average Bonchev–Trinajstić information content (AvgIpc) is 3.17. The second-order valence-corrected chi connectivity index (χ2v) is 5.80. The van der Waals surface area contributed by atoms with Crippen molar-refractivity contribution in [2.24, 2.45) is 0 Å². The molecule has 3 rings (SSSR count). The number of benzene rings is 1. The summed E-state index contributed by atoms with van der Waals surface area (Å²) in [7, 11) is 1.56. The Bertz CT molecular complexity index is 795. The Kier molecular flexibility index (Phi) is 5.27. The van der Waals surface area contributed by atoms with Crippen LogP contribution in [0, 0.1) is 0 Å². The van der Waals surface area contributed by atoms with Gasteiger partial charge in [-0.05, 0) is 37.6 Å². The molecule has 26 heavy (non-hydrogen) atoms. The normalized spacial score (nSPS) is 17.4. The summed E-state index contributed by atoms with van der Waals surface area (Å²) in [4.78, 5) is 26.8. The summed E-state index contributed by atoms with van der Waals surface area (Å²) in [6.07, 6.45) is 1.67. The smallest absolute Gasteiger partial charge is 0.340 e. The van der Waals surface area contributed by atoms with Crippen LogP contribution in [-0.4, -0.2) is 50.4 Å². The number of carbonyl (C=O) groups is 2. The minimum atomic E-state index is -0.509. The largest absolute Gasteiger partial charge is 0.462 e. The highest BCUT2D eigenvalue weighted by Gasteiger charge is 2.37. The fourth-order valence-electron chi connectivity index (χ4n) is 2.95. The van der Waals surface area contributed by atoms with Crippen molar-refractivity contribution in [3.8, 4) is 11.5 Å². The van der Waals surface area contributed by atoms with Gasteiger partial charge < -0.3 is 23.8 Å². The van der Waals surface area contributed by atoms with Crippen molar-refractivity contribution in [2.75, 3.05) is 33.7 Å². The molecule has 0 saturated carbocycles. The molecule has 1 aromatic carbocycles. The summed E-state index contributed by atoms with van der Waals surface area (Å²) in [6.45, 7) is 4.61. The molecule has 0 unspecified atom stereocenters. The Labute approximate surface area is 151 Å². The minimum absolute atomic E-state index is 0.173. The average molecular weight is 359 g/mol. The van der Waals surface area contributed by atoms with Gasteiger partial charge in [0.05, 0.1) is 24.4 Å². The molecule has 0 fully saturated rings. The van der Waals surface area contributed by atoms with Gasteiger partial charge in [-0.2, -0.15) is 0 Å². The fourth-order valence-corrected chi connectivity index (χ4v) is 2.95. The van der Waals surface area contributed by atoms with Gasteiger partial charge in [-0.3, -0.25) is 4.79 Å². The molecule has 0 atom stereocenters. The third kappa shape index (κ3) is 3.30. The summed E-state index contributed by atoms with van der Waals surface area (Å²) >= 11 is 0. The number of fused-ring (bicyclic) bond motifs is 1. The highest BCUT2D eigenvalue weighted by atomic mass is 16.7. The van der Waals surface area contributed by atoms with Crippen molar-refractivity contribution in [3.05, 3.63) is 40.6 Å². The Morgan fingerprint density at radius 2 is 2.08 bits per heavy atom. The van der Waals surface area contributed by atoms with E-state index in [4.69, 9.17) is 18.9 Å². The number of hydrogen-bond donors (Lipinski definition) is 0. The molecule has 7 nitrogen and oxygen atoms in total. The summed E-state index contributed by atoms with van der Waals surface area (Å²) in [5, 5.41) is 0. The zero-order valence-corrected chi connectivity index (χ0v) is 15.0. The van der Waals surface area contributed by atoms with Crippen LogP contribution in [0.4, 0.5) is 0 Å². The minimum Gasteiger partial charge on any atom is -0.462 e. The lowest BCUT2D eigenvalue weighted by atomic mass is 10.0. The van der Waals surface area contributed by atoms with Crippen LogP contribution in [0.1, 0.15) is 19.4 Å². The van der Waals surface area contributed by atoms with Gasteiger partial charge in [0.15, 0.2) is 11.5 Å². The molecule has 1 aromatic rings. The van der Waals surface area contributed by atoms with Crippen LogP contribution < -0.4 is 9.47 Å². The molecule has 0 N–H and O–H groups in total. The number of nitrogens with zero attached hydrogens (tertiary/aromatic N) is 1. The van der Waals surface area contributed by atoms with Crippen molar-refractivity contribution in [3.63, 3.8) is 0 Å². The molecular formula is C19H21NO6. The van der Waals surface area contributed by atoms with Crippen molar-refractivity contribution in [1.29, 1.82) is 0 Å². The van der Waals surface area contributed by atoms with E-state index < -0.39 is 5.97 Å². The highest BCUT2D eigenvalue weighted by molar-refractivity contribution is 6.16. The highest BCUT2D eigenvalue weighted by Crippen LogP contribution is 2.35. The number of allylic oxidation sites excluding steroid dienone is 1. The molecule has 2 heterocycles. The van der Waals surface area contributed by atoms with E-state index in [0.29, 0.717) is 35.9 Å². The van der Waals surface area contributed by atoms with Crippen LogP contribution in [0.15, 0.2) is 35.0 Å². The molecule has 0 radical (unpaired) electrons. The molecule has 138 valence electrons. The third-order valence-electron chi connectivity index (χ3n) is 4.22. The Morgan fingerprint density at radius 3 is 2.81 bits per heavy atom. The molecule has 0 aromatic heterocycles. The number of rotatable bonds is 6. The fraction of sp³-hybridized carbons (Fsp3) is 0.368. The molecule has 0 aliphatic carbocycles. The van der Waals surface area contributed by atoms with E-state index in [-0.39, 0.29) is 24.9 Å². The van der Waals surface area contributed by atoms with Crippen molar-refractivity contribution in [2.45, 2.75) is 13.8 Å². The quantitative estimate of drug-likeness (QED) is 0.572. The zero-order chi connectivity index (χ0) is 18.7. The Balaban J connectivity index is 1.99. The summed E-state index contributed by atoms with van der Waals surface area (Å²) in [5.74, 6) is 0.508. The monoisotopic (exact) mass is 359 g/mol. The van der Waals surface area contributed by atoms with Crippen LogP contribution in [0.25, 0.3) is 6.08 Å². The first-order valence-electron chi connectivity index (χ1n) is 8.37. The number of ether oxygens (including phenoxy) is 4. The van der Waals surface area contributed by atoms with E-state index in [9.17, 15) is 9.59 Å². The van der Waals surface area contributed by atoms with Gasteiger partial charge in [0.2, 0.25) is 6.79 Å². The maximum atomic E-state index is 12.9. The molecule has 2 aliphatic rings. The maximum absolute atomic E-state index is 12.9. The maximum Gasteiger partial charge on any atom is 0.340 e. The van der Waals surface area contributed by atoms with E-state index >= 15 is 0 Å². The van der Waals surface area contributed by atoms with Crippen LogP contribution in [-0.2, 0) is 19.1 Å².